The van der Waals surface area contributed by atoms with Crippen molar-refractivity contribution >= 4 is 33.5 Å². The maximum Gasteiger partial charge on any atom is 0.340 e. The Bertz CT molecular complexity index is 1070. The van der Waals surface area contributed by atoms with E-state index in [-0.39, 0.29) is 22.0 Å². The van der Waals surface area contributed by atoms with E-state index < -0.39 is 28.5 Å². The molecular weight excluding hydrogens is 456 g/mol. The third kappa shape index (κ3) is 5.99. The zero-order chi connectivity index (χ0) is 23.1. The van der Waals surface area contributed by atoms with Gasteiger partial charge in [0.05, 0.1) is 22.6 Å². The number of carbonyl (C=O) groups is 2. The first-order valence-electron chi connectivity index (χ1n) is 10.2. The maximum atomic E-state index is 12.9. The van der Waals surface area contributed by atoms with Gasteiger partial charge in [0.25, 0.3) is 5.91 Å². The Morgan fingerprint density at radius 2 is 1.75 bits per heavy atom. The number of hydrogen-bond acceptors (Lipinski definition) is 6. The van der Waals surface area contributed by atoms with Crippen molar-refractivity contribution in [2.75, 3.05) is 26.8 Å². The number of esters is 1. The second kappa shape index (κ2) is 10.8. The maximum absolute atomic E-state index is 12.9. The minimum atomic E-state index is -3.73. The van der Waals surface area contributed by atoms with Crippen LogP contribution < -0.4 is 10.1 Å². The molecule has 172 valence electrons. The molecule has 2 aromatic rings. The number of sulfonamides is 1. The second-order valence-corrected chi connectivity index (χ2v) is 9.65. The summed E-state index contributed by atoms with van der Waals surface area (Å²) in [6, 6.07) is 11.1. The van der Waals surface area contributed by atoms with E-state index in [0.29, 0.717) is 18.8 Å². The molecule has 0 aliphatic carbocycles. The van der Waals surface area contributed by atoms with Gasteiger partial charge in [0, 0.05) is 19.6 Å². The third-order valence-corrected chi connectivity index (χ3v) is 7.32. The van der Waals surface area contributed by atoms with Gasteiger partial charge >= 0.3 is 5.97 Å². The molecule has 1 aliphatic rings. The third-order valence-electron chi connectivity index (χ3n) is 5.09. The molecular formula is C22H25ClN2O6S. The average Bonchev–Trinajstić information content (AvgIpc) is 2.82. The quantitative estimate of drug-likeness (QED) is 0.583. The number of methoxy groups -OCH3 is 1. The molecule has 0 bridgehead atoms. The van der Waals surface area contributed by atoms with Crippen LogP contribution in [0.15, 0.2) is 47.4 Å². The zero-order valence-corrected chi connectivity index (χ0v) is 19.2. The van der Waals surface area contributed by atoms with Gasteiger partial charge in [-0.1, -0.05) is 30.2 Å². The molecule has 0 aromatic heterocycles. The number of nitrogens with one attached hydrogen (secondary N) is 1. The fourth-order valence-corrected chi connectivity index (χ4v) is 5.02. The van der Waals surface area contributed by atoms with Gasteiger partial charge in [-0.2, -0.15) is 4.31 Å². The van der Waals surface area contributed by atoms with E-state index >= 15 is 0 Å². The lowest BCUT2D eigenvalue weighted by Crippen LogP contribution is -2.35. The van der Waals surface area contributed by atoms with E-state index in [9.17, 15) is 18.0 Å². The Morgan fingerprint density at radius 3 is 2.41 bits per heavy atom. The highest BCUT2D eigenvalue weighted by Gasteiger charge is 2.27. The summed E-state index contributed by atoms with van der Waals surface area (Å²) in [5, 5.41) is 2.69. The Morgan fingerprint density at radius 1 is 1.06 bits per heavy atom. The van der Waals surface area contributed by atoms with Crippen molar-refractivity contribution < 1.29 is 27.5 Å². The van der Waals surface area contributed by atoms with Crippen molar-refractivity contribution in [1.29, 1.82) is 0 Å². The van der Waals surface area contributed by atoms with E-state index in [1.807, 2.05) is 0 Å². The Balaban J connectivity index is 1.59. The molecule has 3 rings (SSSR count). The largest absolute Gasteiger partial charge is 0.497 e. The molecule has 0 radical (unpaired) electrons. The normalized spacial score (nSPS) is 14.6. The van der Waals surface area contributed by atoms with Crippen LogP contribution in [-0.2, 0) is 26.1 Å². The SMILES string of the molecule is COc1ccc(CNC(=O)COC(=O)c2cc(S(=O)(=O)N3CCCCC3)ccc2Cl)cc1. The standard InChI is InChI=1S/C22H25ClN2O6S/c1-30-17-7-5-16(6-8-17)14-24-21(26)15-31-22(27)19-13-18(9-10-20(19)23)32(28,29)25-11-3-2-4-12-25/h5-10,13H,2-4,11-12,14-15H2,1H3,(H,24,26). The van der Waals surface area contributed by atoms with Crippen LogP contribution in [0.1, 0.15) is 35.2 Å². The van der Waals surface area contributed by atoms with E-state index in [4.69, 9.17) is 21.1 Å². The molecule has 0 spiro atoms. The van der Waals surface area contributed by atoms with Gasteiger partial charge in [-0.25, -0.2) is 13.2 Å². The molecule has 2 aromatic carbocycles. The predicted molar refractivity (Wildman–Crippen MR) is 119 cm³/mol. The van der Waals surface area contributed by atoms with Crippen LogP contribution in [0.4, 0.5) is 0 Å². The van der Waals surface area contributed by atoms with E-state index in [2.05, 4.69) is 5.32 Å². The summed E-state index contributed by atoms with van der Waals surface area (Å²) in [6.45, 7) is 0.622. The van der Waals surface area contributed by atoms with Gasteiger partial charge in [0.1, 0.15) is 5.75 Å². The minimum absolute atomic E-state index is 0.0280. The van der Waals surface area contributed by atoms with Crippen LogP contribution in [0.2, 0.25) is 5.02 Å². The summed E-state index contributed by atoms with van der Waals surface area (Å²) < 4.78 is 37.2. The van der Waals surface area contributed by atoms with Crippen LogP contribution in [0.5, 0.6) is 5.75 Å². The summed E-state index contributed by atoms with van der Waals surface area (Å²) >= 11 is 6.09. The number of nitrogens with zero attached hydrogens (tertiary/aromatic N) is 1. The Kier molecular flexibility index (Phi) is 8.11. The van der Waals surface area contributed by atoms with Gasteiger partial charge in [0.2, 0.25) is 10.0 Å². The highest BCUT2D eigenvalue weighted by molar-refractivity contribution is 7.89. The number of carbonyl (C=O) groups excluding carboxylic acids is 2. The van der Waals surface area contributed by atoms with Crippen LogP contribution in [-0.4, -0.2) is 51.4 Å². The van der Waals surface area contributed by atoms with Crippen molar-refractivity contribution in [3.05, 3.63) is 58.6 Å². The summed E-state index contributed by atoms with van der Waals surface area (Å²) in [4.78, 5) is 24.5. The molecule has 1 fully saturated rings. The van der Waals surface area contributed by atoms with E-state index in [1.54, 1.807) is 31.4 Å². The second-order valence-electron chi connectivity index (χ2n) is 7.31. The molecule has 1 amide bonds. The molecule has 1 N–H and O–H groups in total. The number of halogens is 1. The highest BCUT2D eigenvalue weighted by atomic mass is 35.5. The summed E-state index contributed by atoms with van der Waals surface area (Å²) in [6.07, 6.45) is 2.59. The summed E-state index contributed by atoms with van der Waals surface area (Å²) in [7, 11) is -2.17. The lowest BCUT2D eigenvalue weighted by Gasteiger charge is -2.26. The van der Waals surface area contributed by atoms with Gasteiger partial charge in [0.15, 0.2) is 6.61 Å². The van der Waals surface area contributed by atoms with Gasteiger partial charge in [-0.3, -0.25) is 4.79 Å². The fourth-order valence-electron chi connectivity index (χ4n) is 3.28. The van der Waals surface area contributed by atoms with Crippen LogP contribution in [0.25, 0.3) is 0 Å². The molecule has 32 heavy (non-hydrogen) atoms. The van der Waals surface area contributed by atoms with Crippen molar-refractivity contribution in [2.24, 2.45) is 0 Å². The van der Waals surface area contributed by atoms with Gasteiger partial charge in [-0.05, 0) is 48.7 Å². The molecule has 1 aliphatic heterocycles. The molecule has 0 saturated carbocycles. The number of ether oxygens (including phenoxy) is 2. The molecule has 0 unspecified atom stereocenters. The first-order chi connectivity index (χ1) is 15.3. The van der Waals surface area contributed by atoms with Crippen LogP contribution in [0.3, 0.4) is 0 Å². The predicted octanol–water partition coefficient (Wildman–Crippen LogP) is 3.00. The molecule has 10 heteroatoms. The van der Waals surface area contributed by atoms with Crippen molar-refractivity contribution in [2.45, 2.75) is 30.7 Å². The number of rotatable bonds is 8. The van der Waals surface area contributed by atoms with Crippen LogP contribution >= 0.6 is 11.6 Å². The molecule has 1 heterocycles. The first-order valence-corrected chi connectivity index (χ1v) is 12.0. The first kappa shape index (κ1) is 24.0. The smallest absolute Gasteiger partial charge is 0.340 e. The number of hydrogen-bond donors (Lipinski definition) is 1. The number of piperidine rings is 1. The molecule has 0 atom stereocenters. The zero-order valence-electron chi connectivity index (χ0n) is 17.7. The average molecular weight is 481 g/mol. The summed E-state index contributed by atoms with van der Waals surface area (Å²) in [5.74, 6) is -0.664. The minimum Gasteiger partial charge on any atom is -0.497 e. The lowest BCUT2D eigenvalue weighted by atomic mass is 10.2. The lowest BCUT2D eigenvalue weighted by molar-refractivity contribution is -0.124. The van der Waals surface area contributed by atoms with Crippen molar-refractivity contribution in [3.8, 4) is 5.75 Å². The van der Waals surface area contributed by atoms with Crippen molar-refractivity contribution in [3.63, 3.8) is 0 Å². The van der Waals surface area contributed by atoms with Gasteiger partial charge in [-0.15, -0.1) is 0 Å². The molecule has 8 nitrogen and oxygen atoms in total. The monoisotopic (exact) mass is 480 g/mol. The van der Waals surface area contributed by atoms with Gasteiger partial charge < -0.3 is 14.8 Å². The number of benzene rings is 2. The fraction of sp³-hybridized carbons (Fsp3) is 0.364. The topological polar surface area (TPSA) is 102 Å². The van der Waals surface area contributed by atoms with E-state index in [1.165, 1.54) is 22.5 Å². The van der Waals surface area contributed by atoms with E-state index in [0.717, 1.165) is 24.8 Å². The highest BCUT2D eigenvalue weighted by Crippen LogP contribution is 2.25. The molecule has 1 saturated heterocycles. The van der Waals surface area contributed by atoms with Crippen LogP contribution in [0, 0.1) is 0 Å². The van der Waals surface area contributed by atoms with Crippen molar-refractivity contribution in [1.82, 2.24) is 9.62 Å². The number of amides is 1. The Hall–Kier alpha value is -2.62. The Labute approximate surface area is 192 Å². The summed E-state index contributed by atoms with van der Waals surface area (Å²) in [5.41, 5.74) is 0.747.